The second-order valence-electron chi connectivity index (χ2n) is 7.56. The Balaban J connectivity index is 1.40. The van der Waals surface area contributed by atoms with Gasteiger partial charge in [-0.15, -0.1) is 11.8 Å². The molecule has 33 heavy (non-hydrogen) atoms. The Morgan fingerprint density at radius 3 is 2.70 bits per heavy atom. The fraction of sp³-hybridized carbons (Fsp3) is 0.280. The second kappa shape index (κ2) is 10.5. The molecule has 1 aromatic heterocycles. The van der Waals surface area contributed by atoms with Gasteiger partial charge in [0.05, 0.1) is 31.4 Å². The maximum absolute atomic E-state index is 13.1. The number of thioether (sulfide) groups is 1. The zero-order valence-electron chi connectivity index (χ0n) is 18.6. The van der Waals surface area contributed by atoms with Crippen LogP contribution in [0.4, 0.5) is 5.69 Å². The van der Waals surface area contributed by atoms with Crippen LogP contribution >= 0.6 is 11.8 Å². The molecule has 1 aliphatic rings. The van der Waals surface area contributed by atoms with Gasteiger partial charge in [-0.2, -0.15) is 0 Å². The van der Waals surface area contributed by atoms with Crippen molar-refractivity contribution < 1.29 is 23.5 Å². The van der Waals surface area contributed by atoms with Gasteiger partial charge in [-0.05, 0) is 48.4 Å². The summed E-state index contributed by atoms with van der Waals surface area (Å²) in [7, 11) is 3.18. The third kappa shape index (κ3) is 5.34. The molecule has 2 heterocycles. The van der Waals surface area contributed by atoms with Crippen molar-refractivity contribution in [1.29, 1.82) is 0 Å². The summed E-state index contributed by atoms with van der Waals surface area (Å²) in [6, 6.07) is 17.0. The highest BCUT2D eigenvalue weighted by Gasteiger charge is 2.31. The van der Waals surface area contributed by atoms with Crippen LogP contribution in [-0.2, 0) is 16.0 Å². The van der Waals surface area contributed by atoms with E-state index in [1.54, 1.807) is 37.1 Å². The number of amides is 2. The summed E-state index contributed by atoms with van der Waals surface area (Å²) >= 11 is 1.58. The van der Waals surface area contributed by atoms with Crippen molar-refractivity contribution in [2.24, 2.45) is 0 Å². The first-order valence-electron chi connectivity index (χ1n) is 10.7. The minimum atomic E-state index is -0.208. The Labute approximate surface area is 197 Å². The highest BCUT2D eigenvalue weighted by molar-refractivity contribution is 7.99. The number of ether oxygens (including phenoxy) is 2. The normalized spacial score (nSPS) is 15.5. The summed E-state index contributed by atoms with van der Waals surface area (Å²) in [6.07, 6.45) is 2.50. The average Bonchev–Trinajstić information content (AvgIpc) is 3.33. The van der Waals surface area contributed by atoms with Crippen LogP contribution in [-0.4, -0.2) is 39.1 Å². The number of hydrogen-bond acceptors (Lipinski definition) is 6. The van der Waals surface area contributed by atoms with Crippen LogP contribution in [0.15, 0.2) is 70.2 Å². The summed E-state index contributed by atoms with van der Waals surface area (Å²) in [6.45, 7) is 0.412. The monoisotopic (exact) mass is 466 g/mol. The largest absolute Gasteiger partial charge is 0.493 e. The molecule has 4 rings (SSSR count). The van der Waals surface area contributed by atoms with E-state index in [-0.39, 0.29) is 30.0 Å². The fourth-order valence-corrected chi connectivity index (χ4v) is 5.01. The quantitative estimate of drug-likeness (QED) is 0.535. The molecule has 7 nitrogen and oxygen atoms in total. The molecule has 0 saturated carbocycles. The first-order chi connectivity index (χ1) is 16.1. The van der Waals surface area contributed by atoms with Crippen LogP contribution in [0, 0.1) is 0 Å². The lowest BCUT2D eigenvalue weighted by molar-refractivity contribution is -0.123. The average molecular weight is 467 g/mol. The van der Waals surface area contributed by atoms with E-state index in [1.807, 2.05) is 54.6 Å². The number of nitrogens with one attached hydrogen (secondary N) is 1. The molecule has 0 saturated heterocycles. The Hall–Kier alpha value is -3.39. The van der Waals surface area contributed by atoms with Gasteiger partial charge in [-0.1, -0.05) is 18.2 Å². The van der Waals surface area contributed by atoms with Gasteiger partial charge in [0.15, 0.2) is 11.5 Å². The Kier molecular flexibility index (Phi) is 7.24. The maximum atomic E-state index is 13.1. The van der Waals surface area contributed by atoms with Crippen molar-refractivity contribution in [2.75, 3.05) is 32.2 Å². The maximum Gasteiger partial charge on any atom is 0.240 e. The third-order valence-corrected chi connectivity index (χ3v) is 6.72. The second-order valence-corrected chi connectivity index (χ2v) is 8.81. The minimum Gasteiger partial charge on any atom is -0.493 e. The molecule has 1 N–H and O–H groups in total. The van der Waals surface area contributed by atoms with Crippen LogP contribution in [0.5, 0.6) is 11.5 Å². The van der Waals surface area contributed by atoms with E-state index < -0.39 is 0 Å². The molecule has 0 spiro atoms. The molecule has 0 unspecified atom stereocenters. The molecule has 0 fully saturated rings. The molecule has 8 heteroatoms. The summed E-state index contributed by atoms with van der Waals surface area (Å²) < 4.78 is 16.1. The summed E-state index contributed by atoms with van der Waals surface area (Å²) in [4.78, 5) is 28.4. The van der Waals surface area contributed by atoms with Crippen LogP contribution in [0.1, 0.15) is 23.0 Å². The summed E-state index contributed by atoms with van der Waals surface area (Å²) in [5, 5.41) is 2.79. The van der Waals surface area contributed by atoms with Crippen molar-refractivity contribution in [1.82, 2.24) is 5.32 Å². The Morgan fingerprint density at radius 1 is 1.12 bits per heavy atom. The van der Waals surface area contributed by atoms with Gasteiger partial charge in [0.2, 0.25) is 11.8 Å². The fourth-order valence-electron chi connectivity index (χ4n) is 3.77. The predicted molar refractivity (Wildman–Crippen MR) is 127 cm³/mol. The molecule has 2 aromatic carbocycles. The summed E-state index contributed by atoms with van der Waals surface area (Å²) in [5.41, 5.74) is 1.76. The number of furan rings is 1. The number of hydrogen-bond donors (Lipinski definition) is 1. The molecule has 2 amide bonds. The Bertz CT molecular complexity index is 1120. The molecular formula is C25H26N2O5S. The van der Waals surface area contributed by atoms with Crippen molar-refractivity contribution in [2.45, 2.75) is 23.0 Å². The van der Waals surface area contributed by atoms with Crippen molar-refractivity contribution in [3.05, 3.63) is 72.2 Å². The SMILES string of the molecule is COc1ccc(CCNC(=O)CN2C(=O)C[C@@H](c3ccco3)Sc3ccccc32)cc1OC. The van der Waals surface area contributed by atoms with E-state index in [4.69, 9.17) is 13.9 Å². The van der Waals surface area contributed by atoms with E-state index >= 15 is 0 Å². The van der Waals surface area contributed by atoms with E-state index in [2.05, 4.69) is 5.32 Å². The van der Waals surface area contributed by atoms with Crippen LogP contribution < -0.4 is 19.7 Å². The molecular weight excluding hydrogens is 440 g/mol. The number of para-hydroxylation sites is 1. The van der Waals surface area contributed by atoms with Crippen LogP contribution in [0.3, 0.4) is 0 Å². The number of benzene rings is 2. The molecule has 3 aromatic rings. The van der Waals surface area contributed by atoms with E-state index in [0.717, 1.165) is 21.9 Å². The smallest absolute Gasteiger partial charge is 0.240 e. The number of carbonyl (C=O) groups excluding carboxylic acids is 2. The number of nitrogens with zero attached hydrogens (tertiary/aromatic N) is 1. The van der Waals surface area contributed by atoms with E-state index in [1.165, 1.54) is 0 Å². The number of carbonyl (C=O) groups is 2. The Morgan fingerprint density at radius 2 is 1.94 bits per heavy atom. The molecule has 0 radical (unpaired) electrons. The van der Waals surface area contributed by atoms with Gasteiger partial charge in [0.1, 0.15) is 12.3 Å². The molecule has 172 valence electrons. The van der Waals surface area contributed by atoms with Crippen LogP contribution in [0.25, 0.3) is 0 Å². The standard InChI is InChI=1S/C25H26N2O5S/c1-30-19-10-9-17(14-21(19)31-2)11-12-26-24(28)16-27-18-6-3-4-8-22(18)33-23(15-25(27)29)20-7-5-13-32-20/h3-10,13-14,23H,11-12,15-16H2,1-2H3,(H,26,28)/t23-/m0/s1. The van der Waals surface area contributed by atoms with Gasteiger partial charge < -0.3 is 24.1 Å². The van der Waals surface area contributed by atoms with E-state index in [9.17, 15) is 9.59 Å². The van der Waals surface area contributed by atoms with Gasteiger partial charge >= 0.3 is 0 Å². The van der Waals surface area contributed by atoms with Gasteiger partial charge in [-0.3, -0.25) is 9.59 Å². The first kappa shape index (κ1) is 22.8. The highest BCUT2D eigenvalue weighted by Crippen LogP contribution is 2.45. The van der Waals surface area contributed by atoms with Crippen molar-refractivity contribution in [3.63, 3.8) is 0 Å². The number of methoxy groups -OCH3 is 2. The third-order valence-electron chi connectivity index (χ3n) is 5.43. The first-order valence-corrected chi connectivity index (χ1v) is 11.5. The molecule has 0 aliphatic carbocycles. The van der Waals surface area contributed by atoms with Crippen molar-refractivity contribution in [3.8, 4) is 11.5 Å². The molecule has 0 bridgehead atoms. The lowest BCUT2D eigenvalue weighted by Gasteiger charge is -2.22. The van der Waals surface area contributed by atoms with Gasteiger partial charge in [-0.25, -0.2) is 0 Å². The number of rotatable bonds is 8. The van der Waals surface area contributed by atoms with Gasteiger partial charge in [0.25, 0.3) is 0 Å². The van der Waals surface area contributed by atoms with Crippen molar-refractivity contribution >= 4 is 29.3 Å². The van der Waals surface area contributed by atoms with Crippen LogP contribution in [0.2, 0.25) is 0 Å². The molecule has 1 atom stereocenters. The highest BCUT2D eigenvalue weighted by atomic mass is 32.2. The summed E-state index contributed by atoms with van der Waals surface area (Å²) in [5.74, 6) is 1.75. The predicted octanol–water partition coefficient (Wildman–Crippen LogP) is 4.23. The lowest BCUT2D eigenvalue weighted by Crippen LogP contribution is -2.41. The number of fused-ring (bicyclic) bond motifs is 1. The zero-order chi connectivity index (χ0) is 23.2. The van der Waals surface area contributed by atoms with Gasteiger partial charge in [0, 0.05) is 17.9 Å². The van der Waals surface area contributed by atoms with E-state index in [0.29, 0.717) is 24.5 Å². The zero-order valence-corrected chi connectivity index (χ0v) is 19.4. The lowest BCUT2D eigenvalue weighted by atomic mass is 10.1. The molecule has 1 aliphatic heterocycles. The topological polar surface area (TPSA) is 81.0 Å². The number of anilines is 1. The minimum absolute atomic E-state index is 0.0345.